The van der Waals surface area contributed by atoms with E-state index >= 15 is 0 Å². The molecule has 0 aliphatic carbocycles. The van der Waals surface area contributed by atoms with Gasteiger partial charge in [0.1, 0.15) is 5.82 Å². The van der Waals surface area contributed by atoms with Crippen LogP contribution in [0.5, 0.6) is 0 Å². The van der Waals surface area contributed by atoms with Gasteiger partial charge in [-0.25, -0.2) is 12.8 Å². The van der Waals surface area contributed by atoms with Crippen molar-refractivity contribution >= 4 is 43.1 Å². The fourth-order valence-electron chi connectivity index (χ4n) is 1.71. The topological polar surface area (TPSA) is 60.2 Å². The van der Waals surface area contributed by atoms with Gasteiger partial charge in [0.25, 0.3) is 0 Å². The van der Waals surface area contributed by atoms with E-state index in [1.165, 1.54) is 36.4 Å². The van der Waals surface area contributed by atoms with E-state index < -0.39 is 21.4 Å². The molecule has 106 valence electrons. The first-order valence-electron chi connectivity index (χ1n) is 5.51. The molecule has 2 aromatic rings. The molecule has 0 fully saturated rings. The van der Waals surface area contributed by atoms with Crippen LogP contribution in [-0.2, 0) is 15.6 Å². The van der Waals surface area contributed by atoms with Crippen molar-refractivity contribution in [1.82, 2.24) is 0 Å². The van der Waals surface area contributed by atoms with Gasteiger partial charge in [-0.05, 0) is 36.4 Å². The molecule has 0 atom stereocenters. The summed E-state index contributed by atoms with van der Waals surface area (Å²) in [7, 11) is -3.75. The predicted octanol–water partition coefficient (Wildman–Crippen LogP) is 3.80. The number of rotatable bonds is 3. The first kappa shape index (κ1) is 15.3. The standard InChI is InChI=1S/C13H10BrClFNO2S/c14-9-1-3-12(16)8(5-9)7-20(18,19)13-4-2-10(17)6-11(13)15/h1-6H,7,17H2. The molecular weight excluding hydrogens is 369 g/mol. The number of nitrogens with two attached hydrogens (primary N) is 1. The molecule has 0 heterocycles. The van der Waals surface area contributed by atoms with E-state index in [1.807, 2.05) is 0 Å². The molecule has 2 rings (SSSR count). The van der Waals surface area contributed by atoms with Crippen molar-refractivity contribution in [2.75, 3.05) is 5.73 Å². The molecule has 20 heavy (non-hydrogen) atoms. The van der Waals surface area contributed by atoms with Crippen LogP contribution in [0.1, 0.15) is 5.56 Å². The fraction of sp³-hybridized carbons (Fsp3) is 0.0769. The lowest BCUT2D eigenvalue weighted by Gasteiger charge is -2.08. The summed E-state index contributed by atoms with van der Waals surface area (Å²) in [5, 5.41) is 0.0282. The lowest BCUT2D eigenvalue weighted by atomic mass is 10.2. The molecule has 0 bridgehead atoms. The molecule has 2 aromatic carbocycles. The average Bonchev–Trinajstić information content (AvgIpc) is 2.33. The van der Waals surface area contributed by atoms with E-state index in [9.17, 15) is 12.8 Å². The molecule has 0 aromatic heterocycles. The smallest absolute Gasteiger partial charge is 0.184 e. The Labute approximate surface area is 129 Å². The normalized spacial score (nSPS) is 11.6. The summed E-state index contributed by atoms with van der Waals surface area (Å²) in [4.78, 5) is -0.0623. The summed E-state index contributed by atoms with van der Waals surface area (Å²) >= 11 is 9.07. The SMILES string of the molecule is Nc1ccc(S(=O)(=O)Cc2cc(Br)ccc2F)c(Cl)c1. The highest BCUT2D eigenvalue weighted by molar-refractivity contribution is 9.10. The second kappa shape index (κ2) is 5.71. The van der Waals surface area contributed by atoms with Crippen LogP contribution in [0, 0.1) is 5.82 Å². The Morgan fingerprint density at radius 1 is 1.20 bits per heavy atom. The van der Waals surface area contributed by atoms with Crippen LogP contribution in [0.2, 0.25) is 5.02 Å². The second-order valence-corrected chi connectivity index (χ2v) is 7.47. The highest BCUT2D eigenvalue weighted by Crippen LogP contribution is 2.28. The maximum Gasteiger partial charge on any atom is 0.184 e. The zero-order valence-electron chi connectivity index (χ0n) is 10.1. The third-order valence-corrected chi connectivity index (χ3v) is 5.28. The number of nitrogen functional groups attached to an aromatic ring is 1. The number of benzene rings is 2. The predicted molar refractivity (Wildman–Crippen MR) is 80.9 cm³/mol. The Bertz CT molecular complexity index is 765. The molecule has 2 N–H and O–H groups in total. The van der Waals surface area contributed by atoms with Gasteiger partial charge >= 0.3 is 0 Å². The van der Waals surface area contributed by atoms with E-state index in [2.05, 4.69) is 15.9 Å². The molecule has 0 unspecified atom stereocenters. The van der Waals surface area contributed by atoms with Crippen LogP contribution >= 0.6 is 27.5 Å². The molecular formula is C13H10BrClFNO2S. The van der Waals surface area contributed by atoms with Crippen molar-refractivity contribution < 1.29 is 12.8 Å². The van der Waals surface area contributed by atoms with Crippen molar-refractivity contribution in [2.24, 2.45) is 0 Å². The Kier molecular flexibility index (Phi) is 4.36. The summed E-state index contributed by atoms with van der Waals surface area (Å²) in [5.41, 5.74) is 5.96. The van der Waals surface area contributed by atoms with Gasteiger partial charge in [0.15, 0.2) is 9.84 Å². The van der Waals surface area contributed by atoms with Crippen LogP contribution < -0.4 is 5.73 Å². The first-order chi connectivity index (χ1) is 9.29. The van der Waals surface area contributed by atoms with Gasteiger partial charge in [0.2, 0.25) is 0 Å². The van der Waals surface area contributed by atoms with E-state index in [-0.39, 0.29) is 15.5 Å². The third-order valence-electron chi connectivity index (χ3n) is 2.64. The second-order valence-electron chi connectivity index (χ2n) is 4.18. The zero-order chi connectivity index (χ0) is 14.9. The molecule has 0 saturated heterocycles. The summed E-state index contributed by atoms with van der Waals surface area (Å²) in [6.45, 7) is 0. The molecule has 0 aliphatic rings. The van der Waals surface area contributed by atoms with Gasteiger partial charge in [0.05, 0.1) is 15.7 Å². The average molecular weight is 379 g/mol. The third kappa shape index (κ3) is 3.31. The lowest BCUT2D eigenvalue weighted by molar-refractivity contribution is 0.587. The van der Waals surface area contributed by atoms with Crippen molar-refractivity contribution in [3.05, 3.63) is 57.3 Å². The minimum absolute atomic E-state index is 0.0282. The highest BCUT2D eigenvalue weighted by atomic mass is 79.9. The van der Waals surface area contributed by atoms with Gasteiger partial charge in [-0.1, -0.05) is 27.5 Å². The molecule has 0 amide bonds. The summed E-state index contributed by atoms with van der Waals surface area (Å²) < 4.78 is 38.8. The van der Waals surface area contributed by atoms with Gasteiger partial charge in [-0.2, -0.15) is 0 Å². The lowest BCUT2D eigenvalue weighted by Crippen LogP contribution is -2.07. The molecule has 7 heteroatoms. The van der Waals surface area contributed by atoms with Crippen molar-refractivity contribution in [3.63, 3.8) is 0 Å². The first-order valence-corrected chi connectivity index (χ1v) is 8.33. The van der Waals surface area contributed by atoms with Crippen LogP contribution in [0.25, 0.3) is 0 Å². The summed E-state index contributed by atoms with van der Waals surface area (Å²) in [5.74, 6) is -1.05. The van der Waals surface area contributed by atoms with Crippen LogP contribution in [0.4, 0.5) is 10.1 Å². The van der Waals surface area contributed by atoms with Gasteiger partial charge in [-0.15, -0.1) is 0 Å². The maximum absolute atomic E-state index is 13.6. The van der Waals surface area contributed by atoms with Crippen molar-refractivity contribution in [1.29, 1.82) is 0 Å². The summed E-state index contributed by atoms with van der Waals surface area (Å²) in [6.07, 6.45) is 0. The molecule has 0 spiro atoms. The Hall–Kier alpha value is -1.11. The van der Waals surface area contributed by atoms with E-state index in [0.29, 0.717) is 10.2 Å². The maximum atomic E-state index is 13.6. The number of anilines is 1. The zero-order valence-corrected chi connectivity index (χ0v) is 13.3. The van der Waals surface area contributed by atoms with Crippen molar-refractivity contribution in [3.8, 4) is 0 Å². The largest absolute Gasteiger partial charge is 0.399 e. The molecule has 0 radical (unpaired) electrons. The van der Waals surface area contributed by atoms with Gasteiger partial charge < -0.3 is 5.73 Å². The van der Waals surface area contributed by atoms with Crippen LogP contribution in [0.15, 0.2) is 45.8 Å². The van der Waals surface area contributed by atoms with Crippen LogP contribution in [-0.4, -0.2) is 8.42 Å². The van der Waals surface area contributed by atoms with Gasteiger partial charge in [0, 0.05) is 15.7 Å². The monoisotopic (exact) mass is 377 g/mol. The minimum Gasteiger partial charge on any atom is -0.399 e. The minimum atomic E-state index is -3.75. The molecule has 3 nitrogen and oxygen atoms in total. The Morgan fingerprint density at radius 3 is 2.55 bits per heavy atom. The number of hydrogen-bond donors (Lipinski definition) is 1. The van der Waals surface area contributed by atoms with E-state index in [1.54, 1.807) is 0 Å². The quantitative estimate of drug-likeness (QED) is 0.827. The Morgan fingerprint density at radius 2 is 1.90 bits per heavy atom. The molecule has 0 saturated carbocycles. The number of sulfone groups is 1. The summed E-state index contributed by atoms with van der Waals surface area (Å²) in [6, 6.07) is 8.25. The molecule has 0 aliphatic heterocycles. The van der Waals surface area contributed by atoms with Crippen LogP contribution in [0.3, 0.4) is 0 Å². The van der Waals surface area contributed by atoms with Crippen molar-refractivity contribution in [2.45, 2.75) is 10.6 Å². The van der Waals surface area contributed by atoms with Gasteiger partial charge in [-0.3, -0.25) is 0 Å². The number of hydrogen-bond acceptors (Lipinski definition) is 3. The van der Waals surface area contributed by atoms with E-state index in [4.69, 9.17) is 17.3 Å². The Balaban J connectivity index is 2.43. The van der Waals surface area contributed by atoms with E-state index in [0.717, 1.165) is 0 Å². The number of halogens is 3. The fourth-order valence-corrected chi connectivity index (χ4v) is 4.07. The highest BCUT2D eigenvalue weighted by Gasteiger charge is 2.20.